The van der Waals surface area contributed by atoms with E-state index in [4.69, 9.17) is 9.47 Å². The van der Waals surface area contributed by atoms with Gasteiger partial charge in [0.15, 0.2) is 11.5 Å². The minimum absolute atomic E-state index is 0.198. The van der Waals surface area contributed by atoms with Gasteiger partial charge in [0.25, 0.3) is 5.91 Å². The standard InChI is InChI=1S/C16H21F3N2O4/c1-3-4-7-25-12-6-5-11(8-13(12)24-2)15(23)20-9-14(22)21-10-16(17,18)19/h5-6,8H,3-4,7,9-10H2,1-2H3,(H,20,23)(H,21,22). The van der Waals surface area contributed by atoms with E-state index in [-0.39, 0.29) is 5.56 Å². The maximum atomic E-state index is 12.0. The Morgan fingerprint density at radius 1 is 1.16 bits per heavy atom. The average molecular weight is 362 g/mol. The zero-order chi connectivity index (χ0) is 18.9. The van der Waals surface area contributed by atoms with Gasteiger partial charge in [-0.1, -0.05) is 13.3 Å². The fourth-order valence-electron chi connectivity index (χ4n) is 1.78. The first-order valence-electron chi connectivity index (χ1n) is 7.69. The third-order valence-corrected chi connectivity index (χ3v) is 3.08. The molecule has 0 aliphatic rings. The van der Waals surface area contributed by atoms with E-state index in [1.54, 1.807) is 11.4 Å². The van der Waals surface area contributed by atoms with Crippen LogP contribution < -0.4 is 20.1 Å². The summed E-state index contributed by atoms with van der Waals surface area (Å²) in [5.41, 5.74) is 0.198. The minimum Gasteiger partial charge on any atom is -0.493 e. The summed E-state index contributed by atoms with van der Waals surface area (Å²) in [6.45, 7) is 0.530. The van der Waals surface area contributed by atoms with E-state index in [0.717, 1.165) is 12.8 Å². The van der Waals surface area contributed by atoms with Gasteiger partial charge < -0.3 is 20.1 Å². The molecule has 0 spiro atoms. The molecule has 0 bridgehead atoms. The van der Waals surface area contributed by atoms with Crippen molar-refractivity contribution in [2.45, 2.75) is 25.9 Å². The highest BCUT2D eigenvalue weighted by Crippen LogP contribution is 2.28. The van der Waals surface area contributed by atoms with Crippen LogP contribution in [-0.2, 0) is 4.79 Å². The zero-order valence-electron chi connectivity index (χ0n) is 14.0. The first-order valence-corrected chi connectivity index (χ1v) is 7.69. The van der Waals surface area contributed by atoms with Crippen molar-refractivity contribution in [1.29, 1.82) is 0 Å². The third kappa shape index (κ3) is 7.77. The largest absolute Gasteiger partial charge is 0.493 e. The van der Waals surface area contributed by atoms with E-state index in [0.29, 0.717) is 18.1 Å². The van der Waals surface area contributed by atoms with Gasteiger partial charge in [0, 0.05) is 5.56 Å². The fourth-order valence-corrected chi connectivity index (χ4v) is 1.78. The van der Waals surface area contributed by atoms with Crippen LogP contribution >= 0.6 is 0 Å². The lowest BCUT2D eigenvalue weighted by Crippen LogP contribution is -2.40. The topological polar surface area (TPSA) is 76.7 Å². The number of hydrogen-bond donors (Lipinski definition) is 2. The molecule has 0 saturated heterocycles. The number of carbonyl (C=O) groups is 2. The molecule has 1 aromatic rings. The van der Waals surface area contributed by atoms with Gasteiger partial charge in [-0.2, -0.15) is 13.2 Å². The van der Waals surface area contributed by atoms with E-state index < -0.39 is 31.1 Å². The number of unbranched alkanes of at least 4 members (excludes halogenated alkanes) is 1. The average Bonchev–Trinajstić information content (AvgIpc) is 2.57. The summed E-state index contributed by atoms with van der Waals surface area (Å²) in [5.74, 6) is -0.710. The van der Waals surface area contributed by atoms with E-state index in [1.165, 1.54) is 19.2 Å². The molecule has 9 heteroatoms. The van der Waals surface area contributed by atoms with Gasteiger partial charge in [-0.05, 0) is 24.6 Å². The number of methoxy groups -OCH3 is 1. The molecule has 1 aromatic carbocycles. The van der Waals surface area contributed by atoms with E-state index in [9.17, 15) is 22.8 Å². The second-order valence-corrected chi connectivity index (χ2v) is 5.14. The number of benzene rings is 1. The third-order valence-electron chi connectivity index (χ3n) is 3.08. The molecular weight excluding hydrogens is 341 g/mol. The van der Waals surface area contributed by atoms with Crippen LogP contribution in [0, 0.1) is 0 Å². The van der Waals surface area contributed by atoms with Crippen LogP contribution in [0.3, 0.4) is 0 Å². The Kier molecular flexibility index (Phi) is 8.03. The molecule has 0 aliphatic carbocycles. The second-order valence-electron chi connectivity index (χ2n) is 5.14. The Labute approximate surface area is 143 Å². The lowest BCUT2D eigenvalue weighted by atomic mass is 10.2. The molecule has 25 heavy (non-hydrogen) atoms. The number of rotatable bonds is 9. The van der Waals surface area contributed by atoms with Crippen LogP contribution in [0.1, 0.15) is 30.1 Å². The number of hydrogen-bond acceptors (Lipinski definition) is 4. The molecule has 1 rings (SSSR count). The van der Waals surface area contributed by atoms with Crippen molar-refractivity contribution in [2.75, 3.05) is 26.8 Å². The van der Waals surface area contributed by atoms with Crippen LogP contribution in [0.25, 0.3) is 0 Å². The molecule has 0 radical (unpaired) electrons. The van der Waals surface area contributed by atoms with Gasteiger partial charge in [-0.25, -0.2) is 0 Å². The molecule has 140 valence electrons. The maximum Gasteiger partial charge on any atom is 0.405 e. The summed E-state index contributed by atoms with van der Waals surface area (Å²) in [7, 11) is 1.42. The van der Waals surface area contributed by atoms with Gasteiger partial charge in [0.2, 0.25) is 5.91 Å². The Bertz CT molecular complexity index is 591. The highest BCUT2D eigenvalue weighted by Gasteiger charge is 2.27. The molecule has 0 fully saturated rings. The quantitative estimate of drug-likeness (QED) is 0.661. The SMILES string of the molecule is CCCCOc1ccc(C(=O)NCC(=O)NCC(F)(F)F)cc1OC. The van der Waals surface area contributed by atoms with Gasteiger partial charge >= 0.3 is 6.18 Å². The van der Waals surface area contributed by atoms with Crippen molar-refractivity contribution in [3.63, 3.8) is 0 Å². The number of carbonyl (C=O) groups excluding carboxylic acids is 2. The molecule has 0 saturated carbocycles. The maximum absolute atomic E-state index is 12.0. The normalized spacial score (nSPS) is 10.9. The number of alkyl halides is 3. The molecule has 0 heterocycles. The van der Waals surface area contributed by atoms with Crippen molar-refractivity contribution in [3.8, 4) is 11.5 Å². The van der Waals surface area contributed by atoms with Crippen molar-refractivity contribution in [2.24, 2.45) is 0 Å². The lowest BCUT2D eigenvalue weighted by Gasteiger charge is -2.12. The molecule has 0 aliphatic heterocycles. The Morgan fingerprint density at radius 3 is 2.48 bits per heavy atom. The predicted octanol–water partition coefficient (Wildman–Crippen LogP) is 2.28. The number of nitrogens with one attached hydrogen (secondary N) is 2. The van der Waals surface area contributed by atoms with Crippen molar-refractivity contribution >= 4 is 11.8 Å². The van der Waals surface area contributed by atoms with Crippen LogP contribution in [0.4, 0.5) is 13.2 Å². The zero-order valence-corrected chi connectivity index (χ0v) is 14.0. The van der Waals surface area contributed by atoms with Gasteiger partial charge in [0.1, 0.15) is 6.54 Å². The van der Waals surface area contributed by atoms with Crippen LogP contribution in [0.15, 0.2) is 18.2 Å². The van der Waals surface area contributed by atoms with Gasteiger partial charge in [0.05, 0.1) is 20.3 Å². The molecule has 0 unspecified atom stereocenters. The second kappa shape index (κ2) is 9.75. The van der Waals surface area contributed by atoms with Gasteiger partial charge in [-0.15, -0.1) is 0 Å². The van der Waals surface area contributed by atoms with Gasteiger partial charge in [-0.3, -0.25) is 9.59 Å². The summed E-state index contributed by atoms with van der Waals surface area (Å²) >= 11 is 0. The van der Waals surface area contributed by atoms with E-state index in [2.05, 4.69) is 5.32 Å². The Morgan fingerprint density at radius 2 is 1.88 bits per heavy atom. The lowest BCUT2D eigenvalue weighted by molar-refractivity contribution is -0.137. The summed E-state index contributed by atoms with van der Waals surface area (Å²) < 4.78 is 46.7. The number of amides is 2. The van der Waals surface area contributed by atoms with E-state index >= 15 is 0 Å². The van der Waals surface area contributed by atoms with Crippen LogP contribution in [-0.4, -0.2) is 44.8 Å². The fraction of sp³-hybridized carbons (Fsp3) is 0.500. The van der Waals surface area contributed by atoms with Crippen molar-refractivity contribution < 1.29 is 32.2 Å². The van der Waals surface area contributed by atoms with Crippen LogP contribution in [0.5, 0.6) is 11.5 Å². The predicted molar refractivity (Wildman–Crippen MR) is 84.8 cm³/mol. The number of ether oxygens (including phenoxy) is 2. The smallest absolute Gasteiger partial charge is 0.405 e. The molecule has 2 amide bonds. The summed E-state index contributed by atoms with van der Waals surface area (Å²) in [6.07, 6.45) is -2.65. The Balaban J connectivity index is 2.59. The number of halogens is 3. The van der Waals surface area contributed by atoms with Crippen molar-refractivity contribution in [3.05, 3.63) is 23.8 Å². The minimum atomic E-state index is -4.50. The molecule has 0 aromatic heterocycles. The van der Waals surface area contributed by atoms with Crippen LogP contribution in [0.2, 0.25) is 0 Å². The summed E-state index contributed by atoms with van der Waals surface area (Å²) in [6, 6.07) is 4.48. The molecule has 0 atom stereocenters. The molecule has 6 nitrogen and oxygen atoms in total. The highest BCUT2D eigenvalue weighted by molar-refractivity contribution is 5.97. The molecule has 2 N–H and O–H groups in total. The summed E-state index contributed by atoms with van der Waals surface area (Å²) in [5, 5.41) is 3.91. The summed E-state index contributed by atoms with van der Waals surface area (Å²) in [4.78, 5) is 23.3. The first kappa shape index (κ1) is 20.6. The van der Waals surface area contributed by atoms with E-state index in [1.807, 2.05) is 6.92 Å². The van der Waals surface area contributed by atoms with Crippen molar-refractivity contribution in [1.82, 2.24) is 10.6 Å². The first-order chi connectivity index (χ1) is 11.8. The Hall–Kier alpha value is -2.45. The molecular formula is C16H21F3N2O4. The monoisotopic (exact) mass is 362 g/mol. The highest BCUT2D eigenvalue weighted by atomic mass is 19.4.